The van der Waals surface area contributed by atoms with Gasteiger partial charge >= 0.3 is 0 Å². The number of hydrogen-bond donors (Lipinski definition) is 0. The number of anilines is 1. The third kappa shape index (κ3) is 1.95. The van der Waals surface area contributed by atoms with Crippen molar-refractivity contribution in [1.29, 1.82) is 0 Å². The molecule has 0 radical (unpaired) electrons. The van der Waals surface area contributed by atoms with E-state index >= 15 is 0 Å². The average Bonchev–Trinajstić information content (AvgIpc) is 3.20. The fraction of sp³-hybridized carbons (Fsp3) is 0.350. The lowest BCUT2D eigenvalue weighted by atomic mass is 9.65. The molecule has 3 aliphatic heterocycles. The first-order valence-corrected chi connectivity index (χ1v) is 9.28. The van der Waals surface area contributed by atoms with Crippen LogP contribution in [0.1, 0.15) is 30.9 Å². The third-order valence-corrected chi connectivity index (χ3v) is 6.48. The van der Waals surface area contributed by atoms with Crippen molar-refractivity contribution in [3.63, 3.8) is 0 Å². The molecule has 0 aliphatic carbocycles. The van der Waals surface area contributed by atoms with Crippen LogP contribution in [0.15, 0.2) is 41.4 Å². The summed E-state index contributed by atoms with van der Waals surface area (Å²) in [6, 6.07) is 11.5. The number of aliphatic imine (C=N–C) groups is 1. The molecule has 0 aromatic heterocycles. The van der Waals surface area contributed by atoms with Crippen LogP contribution in [0.3, 0.4) is 0 Å². The second kappa shape index (κ2) is 5.30. The Balaban J connectivity index is 1.75. The lowest BCUT2D eigenvalue weighted by Gasteiger charge is -2.47. The molecule has 132 valence electrons. The highest BCUT2D eigenvalue weighted by atomic mass is 35.5. The summed E-state index contributed by atoms with van der Waals surface area (Å²) in [7, 11) is 0. The molecule has 1 spiro atoms. The van der Waals surface area contributed by atoms with E-state index in [1.165, 1.54) is 0 Å². The van der Waals surface area contributed by atoms with Gasteiger partial charge in [-0.1, -0.05) is 11.6 Å². The van der Waals surface area contributed by atoms with Gasteiger partial charge in [0.05, 0.1) is 16.0 Å². The molecule has 0 bridgehead atoms. The quantitative estimate of drug-likeness (QED) is 0.536. The van der Waals surface area contributed by atoms with Gasteiger partial charge in [0.1, 0.15) is 0 Å². The first kappa shape index (κ1) is 15.8. The average molecular weight is 368 g/mol. The van der Waals surface area contributed by atoms with Crippen molar-refractivity contribution < 1.29 is 4.92 Å². The molecule has 2 atom stereocenters. The van der Waals surface area contributed by atoms with Gasteiger partial charge in [-0.3, -0.25) is 15.1 Å². The number of nitro benzene ring substituents is 1. The molecule has 6 heteroatoms. The van der Waals surface area contributed by atoms with Gasteiger partial charge in [-0.15, -0.1) is 0 Å². The van der Waals surface area contributed by atoms with E-state index in [2.05, 4.69) is 11.8 Å². The monoisotopic (exact) mass is 367 g/mol. The van der Waals surface area contributed by atoms with Gasteiger partial charge in [-0.05, 0) is 61.6 Å². The van der Waals surface area contributed by atoms with Crippen molar-refractivity contribution in [2.45, 2.75) is 37.6 Å². The van der Waals surface area contributed by atoms with Crippen molar-refractivity contribution in [1.82, 2.24) is 0 Å². The van der Waals surface area contributed by atoms with E-state index in [1.807, 2.05) is 24.3 Å². The minimum absolute atomic E-state index is 0.149. The number of fused-ring (bicyclic) bond motifs is 6. The molecule has 26 heavy (non-hydrogen) atoms. The Morgan fingerprint density at radius 3 is 2.96 bits per heavy atom. The summed E-state index contributed by atoms with van der Waals surface area (Å²) in [6.07, 6.45) is 2.94. The Bertz CT molecular complexity index is 987. The van der Waals surface area contributed by atoms with Crippen LogP contribution in [0, 0.1) is 10.1 Å². The molecule has 2 aromatic carbocycles. The number of hydrogen-bond acceptors (Lipinski definition) is 4. The molecule has 2 unspecified atom stereocenters. The van der Waals surface area contributed by atoms with Crippen molar-refractivity contribution in [3.8, 4) is 0 Å². The smallest absolute Gasteiger partial charge is 0.269 e. The van der Waals surface area contributed by atoms with Gasteiger partial charge in [0.25, 0.3) is 5.69 Å². The van der Waals surface area contributed by atoms with E-state index in [9.17, 15) is 10.1 Å². The number of nitro groups is 1. The summed E-state index contributed by atoms with van der Waals surface area (Å²) in [5, 5.41) is 12.0. The predicted molar refractivity (Wildman–Crippen MR) is 103 cm³/mol. The molecule has 1 saturated heterocycles. The SMILES string of the molecule is CC1=Nc2ccc(Cl)cc2C12Cc1cc([N+](=O)[O-])ccc1N1CCCC12. The third-order valence-electron chi connectivity index (χ3n) is 6.25. The highest BCUT2D eigenvalue weighted by Crippen LogP contribution is 2.54. The van der Waals surface area contributed by atoms with Crippen LogP contribution in [-0.4, -0.2) is 23.2 Å². The van der Waals surface area contributed by atoms with Gasteiger partial charge in [-0.2, -0.15) is 0 Å². The Morgan fingerprint density at radius 2 is 2.15 bits per heavy atom. The van der Waals surface area contributed by atoms with E-state index in [4.69, 9.17) is 16.6 Å². The Hall–Kier alpha value is -2.40. The zero-order chi connectivity index (χ0) is 18.1. The van der Waals surface area contributed by atoms with Crippen LogP contribution in [0.25, 0.3) is 0 Å². The summed E-state index contributed by atoms with van der Waals surface area (Å²) < 4.78 is 0. The first-order chi connectivity index (χ1) is 12.5. The molecule has 5 rings (SSSR count). The largest absolute Gasteiger partial charge is 0.367 e. The van der Waals surface area contributed by atoms with Crippen LogP contribution >= 0.6 is 11.6 Å². The van der Waals surface area contributed by atoms with Crippen molar-refractivity contribution in [2.75, 3.05) is 11.4 Å². The maximum Gasteiger partial charge on any atom is 0.269 e. The van der Waals surface area contributed by atoms with Gasteiger partial charge in [0, 0.05) is 41.1 Å². The van der Waals surface area contributed by atoms with E-state index in [0.29, 0.717) is 11.1 Å². The number of halogens is 1. The second-order valence-corrected chi connectivity index (χ2v) is 7.86. The Labute approximate surface area is 156 Å². The minimum atomic E-state index is -0.316. The van der Waals surface area contributed by atoms with E-state index in [0.717, 1.165) is 54.0 Å². The van der Waals surface area contributed by atoms with Crippen molar-refractivity contribution in [3.05, 3.63) is 62.7 Å². The highest BCUT2D eigenvalue weighted by molar-refractivity contribution is 6.30. The standard InChI is InChI=1S/C20H18ClN3O2/c1-12-20(16-10-14(21)4-6-17(16)22-12)11-13-9-15(24(25)26)5-7-18(13)23-8-2-3-19(20)23/h4-7,9-10,19H,2-3,8,11H2,1H3. The molecular formula is C20H18ClN3O2. The van der Waals surface area contributed by atoms with Gasteiger partial charge in [0.15, 0.2) is 0 Å². The van der Waals surface area contributed by atoms with Crippen molar-refractivity contribution in [2.24, 2.45) is 4.99 Å². The molecule has 5 nitrogen and oxygen atoms in total. The van der Waals surface area contributed by atoms with Crippen LogP contribution < -0.4 is 4.90 Å². The minimum Gasteiger partial charge on any atom is -0.367 e. The molecule has 3 heterocycles. The number of rotatable bonds is 1. The van der Waals surface area contributed by atoms with E-state index in [1.54, 1.807) is 12.1 Å². The maximum absolute atomic E-state index is 11.3. The predicted octanol–water partition coefficient (Wildman–Crippen LogP) is 4.82. The first-order valence-electron chi connectivity index (χ1n) is 8.90. The highest BCUT2D eigenvalue weighted by Gasteiger charge is 2.54. The number of non-ortho nitro benzene ring substituents is 1. The van der Waals surface area contributed by atoms with Crippen LogP contribution in [0.5, 0.6) is 0 Å². The molecule has 3 aliphatic rings. The normalized spacial score (nSPS) is 25.7. The van der Waals surface area contributed by atoms with Crippen molar-refractivity contribution >= 4 is 34.4 Å². The van der Waals surface area contributed by atoms with Gasteiger partial charge < -0.3 is 4.90 Å². The van der Waals surface area contributed by atoms with Gasteiger partial charge in [0.2, 0.25) is 0 Å². The zero-order valence-electron chi connectivity index (χ0n) is 14.4. The Morgan fingerprint density at radius 1 is 1.31 bits per heavy atom. The summed E-state index contributed by atoms with van der Waals surface area (Å²) in [4.78, 5) is 18.3. The Kier molecular flexibility index (Phi) is 3.23. The van der Waals surface area contributed by atoms with E-state index in [-0.39, 0.29) is 16.0 Å². The fourth-order valence-corrected chi connectivity index (χ4v) is 5.35. The lowest BCUT2D eigenvalue weighted by Crippen LogP contribution is -2.55. The molecule has 0 amide bonds. The molecule has 2 aromatic rings. The van der Waals surface area contributed by atoms with Crippen LogP contribution in [0.2, 0.25) is 5.02 Å². The maximum atomic E-state index is 11.3. The summed E-state index contributed by atoms with van der Waals surface area (Å²) in [5.41, 5.74) is 5.29. The molecule has 0 saturated carbocycles. The lowest BCUT2D eigenvalue weighted by molar-refractivity contribution is -0.384. The number of benzene rings is 2. The molecule has 0 N–H and O–H groups in total. The second-order valence-electron chi connectivity index (χ2n) is 7.43. The summed E-state index contributed by atoms with van der Waals surface area (Å²) >= 11 is 6.33. The van der Waals surface area contributed by atoms with Crippen LogP contribution in [0.4, 0.5) is 17.1 Å². The molecule has 1 fully saturated rings. The van der Waals surface area contributed by atoms with Crippen LogP contribution in [-0.2, 0) is 11.8 Å². The van der Waals surface area contributed by atoms with E-state index < -0.39 is 0 Å². The fourth-order valence-electron chi connectivity index (χ4n) is 5.18. The number of nitrogens with zero attached hydrogens (tertiary/aromatic N) is 3. The zero-order valence-corrected chi connectivity index (χ0v) is 15.2. The topological polar surface area (TPSA) is 58.7 Å². The summed E-state index contributed by atoms with van der Waals surface area (Å²) in [6.45, 7) is 3.06. The molecular weight excluding hydrogens is 350 g/mol. The van der Waals surface area contributed by atoms with Gasteiger partial charge in [-0.25, -0.2) is 0 Å². The summed E-state index contributed by atoms with van der Waals surface area (Å²) in [5.74, 6) is 0.